The summed E-state index contributed by atoms with van der Waals surface area (Å²) in [5.41, 5.74) is 0.625. The molecule has 1 N–H and O–H groups in total. The van der Waals surface area contributed by atoms with Crippen LogP contribution in [0.3, 0.4) is 0 Å². The molecule has 6 nitrogen and oxygen atoms in total. The fourth-order valence-corrected chi connectivity index (χ4v) is 1.98. The zero-order valence-corrected chi connectivity index (χ0v) is 10.2. The summed E-state index contributed by atoms with van der Waals surface area (Å²) in [5.74, 6) is -0.668. The van der Waals surface area contributed by atoms with Gasteiger partial charge in [0.05, 0.1) is 5.52 Å². The van der Waals surface area contributed by atoms with Gasteiger partial charge in [0.1, 0.15) is 11.5 Å². The summed E-state index contributed by atoms with van der Waals surface area (Å²) in [6.07, 6.45) is 1.30. The molecule has 2 heterocycles. The molecule has 3 aromatic rings. The second kappa shape index (κ2) is 4.33. The number of benzene rings is 1. The predicted octanol–water partition coefficient (Wildman–Crippen LogP) is 2.17. The van der Waals surface area contributed by atoms with Crippen molar-refractivity contribution in [3.8, 4) is 5.82 Å². The number of aromatic carboxylic acids is 1. The highest BCUT2D eigenvalue weighted by molar-refractivity contribution is 6.29. The van der Waals surface area contributed by atoms with Crippen LogP contribution in [-0.2, 0) is 0 Å². The molecule has 0 saturated carbocycles. The van der Waals surface area contributed by atoms with Crippen LogP contribution < -0.4 is 0 Å². The van der Waals surface area contributed by atoms with Gasteiger partial charge in [0, 0.05) is 11.5 Å². The lowest BCUT2D eigenvalue weighted by Crippen LogP contribution is -2.03. The quantitative estimate of drug-likeness (QED) is 0.724. The largest absolute Gasteiger partial charge is 0.476 e. The van der Waals surface area contributed by atoms with Gasteiger partial charge in [-0.15, -0.1) is 0 Å². The van der Waals surface area contributed by atoms with Gasteiger partial charge in [-0.3, -0.25) is 0 Å². The monoisotopic (exact) mass is 274 g/mol. The molecule has 94 valence electrons. The molecule has 0 fully saturated rings. The van der Waals surface area contributed by atoms with Crippen molar-refractivity contribution in [1.29, 1.82) is 0 Å². The van der Waals surface area contributed by atoms with E-state index in [9.17, 15) is 4.79 Å². The molecule has 0 spiro atoms. The summed E-state index contributed by atoms with van der Waals surface area (Å²) < 4.78 is 1.44. The fourth-order valence-electron chi connectivity index (χ4n) is 1.84. The number of carboxylic acids is 1. The molecule has 1 aromatic carbocycles. The Morgan fingerprint density at radius 1 is 1.26 bits per heavy atom. The van der Waals surface area contributed by atoms with Gasteiger partial charge >= 0.3 is 5.97 Å². The van der Waals surface area contributed by atoms with Gasteiger partial charge < -0.3 is 5.11 Å². The third kappa shape index (κ3) is 1.92. The van der Waals surface area contributed by atoms with E-state index in [1.807, 2.05) is 0 Å². The Kier molecular flexibility index (Phi) is 2.64. The van der Waals surface area contributed by atoms with Crippen LogP contribution in [0.1, 0.15) is 10.5 Å². The van der Waals surface area contributed by atoms with Gasteiger partial charge in [0.15, 0.2) is 11.5 Å². The normalized spacial score (nSPS) is 10.8. The number of nitrogens with zero attached hydrogens (tertiary/aromatic N) is 4. The maximum atomic E-state index is 11.2. The second-order valence-electron chi connectivity index (χ2n) is 3.78. The zero-order valence-electron chi connectivity index (χ0n) is 9.49. The first kappa shape index (κ1) is 11.6. The van der Waals surface area contributed by atoms with E-state index in [4.69, 9.17) is 16.7 Å². The highest BCUT2D eigenvalue weighted by Crippen LogP contribution is 2.21. The van der Waals surface area contributed by atoms with Gasteiger partial charge in [-0.1, -0.05) is 29.8 Å². The molecular formula is C12H7ClN4O2. The van der Waals surface area contributed by atoms with Crippen LogP contribution in [0.2, 0.25) is 5.15 Å². The first-order chi connectivity index (χ1) is 9.16. The molecule has 0 saturated heterocycles. The summed E-state index contributed by atoms with van der Waals surface area (Å²) in [5, 5.41) is 14.0. The SMILES string of the molecule is O=C(O)c1nn(-c2cc(Cl)ncn2)c2ccccc12. The summed E-state index contributed by atoms with van der Waals surface area (Å²) in [6, 6.07) is 8.55. The van der Waals surface area contributed by atoms with Crippen molar-refractivity contribution in [2.45, 2.75) is 0 Å². The summed E-state index contributed by atoms with van der Waals surface area (Å²) in [4.78, 5) is 19.0. The molecule has 0 aliphatic heterocycles. The lowest BCUT2D eigenvalue weighted by atomic mass is 10.2. The van der Waals surface area contributed by atoms with Crippen molar-refractivity contribution in [3.05, 3.63) is 47.5 Å². The summed E-state index contributed by atoms with van der Waals surface area (Å²) in [7, 11) is 0. The van der Waals surface area contributed by atoms with Crippen LogP contribution in [0.25, 0.3) is 16.7 Å². The maximum absolute atomic E-state index is 11.2. The Balaban J connectivity index is 2.33. The van der Waals surface area contributed by atoms with Crippen molar-refractivity contribution in [2.75, 3.05) is 0 Å². The van der Waals surface area contributed by atoms with Crippen LogP contribution in [0.4, 0.5) is 0 Å². The number of para-hydroxylation sites is 1. The zero-order chi connectivity index (χ0) is 13.4. The van der Waals surface area contributed by atoms with E-state index in [0.717, 1.165) is 0 Å². The molecule has 0 unspecified atom stereocenters. The van der Waals surface area contributed by atoms with Crippen molar-refractivity contribution in [2.24, 2.45) is 0 Å². The smallest absolute Gasteiger partial charge is 0.357 e. The average Bonchev–Trinajstić information content (AvgIpc) is 2.78. The Labute approximate surface area is 112 Å². The standard InChI is InChI=1S/C12H7ClN4O2/c13-9-5-10(15-6-14-9)17-8-4-2-1-3-7(8)11(16-17)12(18)19/h1-6H,(H,18,19). The van der Waals surface area contributed by atoms with E-state index >= 15 is 0 Å². The molecular weight excluding hydrogens is 268 g/mol. The first-order valence-corrected chi connectivity index (χ1v) is 5.73. The molecule has 3 rings (SSSR count). The maximum Gasteiger partial charge on any atom is 0.357 e. The number of carboxylic acid groups (broad SMARTS) is 1. The van der Waals surface area contributed by atoms with Crippen molar-refractivity contribution in [3.63, 3.8) is 0 Å². The number of hydrogen-bond acceptors (Lipinski definition) is 4. The lowest BCUT2D eigenvalue weighted by Gasteiger charge is -2.01. The molecule has 0 radical (unpaired) electrons. The number of halogens is 1. The van der Waals surface area contributed by atoms with E-state index in [1.165, 1.54) is 17.1 Å². The minimum atomic E-state index is -1.09. The molecule has 19 heavy (non-hydrogen) atoms. The predicted molar refractivity (Wildman–Crippen MR) is 68.6 cm³/mol. The number of rotatable bonds is 2. The van der Waals surface area contributed by atoms with Gasteiger partial charge in [-0.2, -0.15) is 5.10 Å². The van der Waals surface area contributed by atoms with E-state index in [-0.39, 0.29) is 10.8 Å². The van der Waals surface area contributed by atoms with Crippen molar-refractivity contribution >= 4 is 28.5 Å². The fraction of sp³-hybridized carbons (Fsp3) is 0. The summed E-state index contributed by atoms with van der Waals surface area (Å²) >= 11 is 5.81. The number of hydrogen-bond donors (Lipinski definition) is 1. The Hall–Kier alpha value is -2.47. The molecule has 0 atom stereocenters. The molecule has 7 heteroatoms. The van der Waals surface area contributed by atoms with E-state index < -0.39 is 5.97 Å². The van der Waals surface area contributed by atoms with E-state index in [0.29, 0.717) is 16.7 Å². The lowest BCUT2D eigenvalue weighted by molar-refractivity contribution is 0.0692. The molecule has 0 amide bonds. The topological polar surface area (TPSA) is 80.9 Å². The third-order valence-electron chi connectivity index (χ3n) is 2.63. The van der Waals surface area contributed by atoms with Gasteiger partial charge in [-0.05, 0) is 6.07 Å². The van der Waals surface area contributed by atoms with E-state index in [2.05, 4.69) is 15.1 Å². The Bertz CT molecular complexity index is 784. The average molecular weight is 275 g/mol. The van der Waals surface area contributed by atoms with Crippen LogP contribution in [0.5, 0.6) is 0 Å². The molecule has 0 aliphatic carbocycles. The number of carbonyl (C=O) groups is 1. The van der Waals surface area contributed by atoms with Crippen molar-refractivity contribution < 1.29 is 9.90 Å². The highest BCUT2D eigenvalue weighted by Gasteiger charge is 2.17. The van der Waals surface area contributed by atoms with Crippen LogP contribution in [0.15, 0.2) is 36.7 Å². The van der Waals surface area contributed by atoms with Crippen LogP contribution >= 0.6 is 11.6 Å². The second-order valence-corrected chi connectivity index (χ2v) is 4.17. The van der Waals surface area contributed by atoms with Crippen LogP contribution in [0, 0.1) is 0 Å². The minimum Gasteiger partial charge on any atom is -0.476 e. The van der Waals surface area contributed by atoms with Gasteiger partial charge in [-0.25, -0.2) is 19.4 Å². The van der Waals surface area contributed by atoms with Crippen molar-refractivity contribution in [1.82, 2.24) is 19.7 Å². The number of fused-ring (bicyclic) bond motifs is 1. The highest BCUT2D eigenvalue weighted by atomic mass is 35.5. The third-order valence-corrected chi connectivity index (χ3v) is 2.83. The van der Waals surface area contributed by atoms with E-state index in [1.54, 1.807) is 24.3 Å². The molecule has 0 aliphatic rings. The van der Waals surface area contributed by atoms with Crippen LogP contribution in [-0.4, -0.2) is 30.8 Å². The van der Waals surface area contributed by atoms with Gasteiger partial charge in [0.25, 0.3) is 0 Å². The molecule has 2 aromatic heterocycles. The molecule has 0 bridgehead atoms. The summed E-state index contributed by atoms with van der Waals surface area (Å²) in [6.45, 7) is 0. The Morgan fingerprint density at radius 2 is 2.05 bits per heavy atom. The minimum absolute atomic E-state index is 0.0228. The van der Waals surface area contributed by atoms with Gasteiger partial charge in [0.2, 0.25) is 0 Å². The first-order valence-electron chi connectivity index (χ1n) is 5.36. The Morgan fingerprint density at radius 3 is 2.79 bits per heavy atom. The number of aromatic nitrogens is 4.